The molecule has 5 nitrogen and oxygen atoms in total. The number of pyridine rings is 1. The summed E-state index contributed by atoms with van der Waals surface area (Å²) in [5.41, 5.74) is 3.13. The second kappa shape index (κ2) is 7.74. The number of ether oxygens (including phenoxy) is 2. The fourth-order valence-electron chi connectivity index (χ4n) is 2.73. The summed E-state index contributed by atoms with van der Waals surface area (Å²) in [5.74, 6) is 0.369. The van der Waals surface area contributed by atoms with Crippen LogP contribution >= 0.6 is 0 Å². The van der Waals surface area contributed by atoms with Crippen LogP contribution < -0.4 is 4.74 Å². The number of hydrogen-bond acceptors (Lipinski definition) is 4. The van der Waals surface area contributed by atoms with E-state index in [4.69, 9.17) is 9.47 Å². The van der Waals surface area contributed by atoms with Gasteiger partial charge < -0.3 is 14.5 Å². The summed E-state index contributed by atoms with van der Waals surface area (Å²) in [6.07, 6.45) is 1.74. The van der Waals surface area contributed by atoms with E-state index in [1.54, 1.807) is 12.3 Å². The Balaban J connectivity index is 1.32. The van der Waals surface area contributed by atoms with Crippen molar-refractivity contribution in [2.75, 3.05) is 0 Å². The molecule has 2 heterocycles. The third-order valence-corrected chi connectivity index (χ3v) is 4.16. The van der Waals surface area contributed by atoms with Gasteiger partial charge in [0, 0.05) is 17.1 Å². The van der Waals surface area contributed by atoms with Crippen molar-refractivity contribution in [3.63, 3.8) is 0 Å². The highest BCUT2D eigenvalue weighted by molar-refractivity contribution is 5.94. The number of hydrogen-bond donors (Lipinski definition) is 1. The maximum Gasteiger partial charge on any atom is 0.355 e. The van der Waals surface area contributed by atoms with Crippen LogP contribution in [0.2, 0.25) is 0 Å². The van der Waals surface area contributed by atoms with Gasteiger partial charge in [0.05, 0.1) is 5.69 Å². The van der Waals surface area contributed by atoms with Crippen LogP contribution in [-0.2, 0) is 18.0 Å². The zero-order valence-electron chi connectivity index (χ0n) is 14.6. The summed E-state index contributed by atoms with van der Waals surface area (Å²) in [6.45, 7) is 0.615. The number of aromatic nitrogens is 2. The van der Waals surface area contributed by atoms with Gasteiger partial charge in [-0.25, -0.2) is 4.79 Å². The van der Waals surface area contributed by atoms with E-state index in [1.165, 1.54) is 0 Å². The molecule has 0 aliphatic carbocycles. The Morgan fingerprint density at radius 1 is 0.926 bits per heavy atom. The molecule has 0 radical (unpaired) electrons. The summed E-state index contributed by atoms with van der Waals surface area (Å²) in [5, 5.41) is 0.985. The molecule has 1 N–H and O–H groups in total. The Labute approximate surface area is 156 Å². The van der Waals surface area contributed by atoms with Crippen LogP contribution in [0.1, 0.15) is 21.7 Å². The predicted octanol–water partition coefficient (Wildman–Crippen LogP) is 4.50. The van der Waals surface area contributed by atoms with E-state index in [-0.39, 0.29) is 12.6 Å². The molecule has 0 amide bonds. The quantitative estimate of drug-likeness (QED) is 0.516. The normalized spacial score (nSPS) is 10.7. The Kier molecular flexibility index (Phi) is 4.83. The van der Waals surface area contributed by atoms with Crippen molar-refractivity contribution in [1.82, 2.24) is 9.97 Å². The second-order valence-electron chi connectivity index (χ2n) is 6.10. The van der Waals surface area contributed by atoms with E-state index in [0.29, 0.717) is 12.3 Å². The molecule has 0 aliphatic heterocycles. The van der Waals surface area contributed by atoms with Crippen molar-refractivity contribution in [3.05, 3.63) is 95.9 Å². The van der Waals surface area contributed by atoms with Gasteiger partial charge >= 0.3 is 5.97 Å². The zero-order valence-corrected chi connectivity index (χ0v) is 14.6. The average Bonchev–Trinajstić information content (AvgIpc) is 3.16. The van der Waals surface area contributed by atoms with Crippen LogP contribution in [0.25, 0.3) is 10.9 Å². The first-order chi connectivity index (χ1) is 13.3. The fraction of sp³-hybridized carbons (Fsp3) is 0.0909. The van der Waals surface area contributed by atoms with Gasteiger partial charge in [0.15, 0.2) is 0 Å². The van der Waals surface area contributed by atoms with Gasteiger partial charge in [-0.1, -0.05) is 36.4 Å². The summed E-state index contributed by atoms with van der Waals surface area (Å²) in [7, 11) is 0. The van der Waals surface area contributed by atoms with Gasteiger partial charge in [-0.05, 0) is 42.0 Å². The van der Waals surface area contributed by atoms with Gasteiger partial charge in [-0.2, -0.15) is 0 Å². The molecule has 5 heteroatoms. The molecule has 0 unspecified atom stereocenters. The number of nitrogens with zero attached hydrogens (tertiary/aromatic N) is 1. The molecule has 0 fully saturated rings. The number of esters is 1. The topological polar surface area (TPSA) is 64.2 Å². The molecular formula is C22H18N2O3. The SMILES string of the molecule is O=C(OCc1ccc(OCc2ccccn2)cc1)c1cc2ccccc2[nH]1. The van der Waals surface area contributed by atoms with Crippen LogP contribution in [0.15, 0.2) is 79.0 Å². The monoisotopic (exact) mass is 358 g/mol. The van der Waals surface area contributed by atoms with E-state index in [2.05, 4.69) is 9.97 Å². The van der Waals surface area contributed by atoms with Crippen molar-refractivity contribution >= 4 is 16.9 Å². The fourth-order valence-corrected chi connectivity index (χ4v) is 2.73. The lowest BCUT2D eigenvalue weighted by molar-refractivity contribution is 0.0467. The highest BCUT2D eigenvalue weighted by Crippen LogP contribution is 2.17. The van der Waals surface area contributed by atoms with Gasteiger partial charge in [-0.15, -0.1) is 0 Å². The first-order valence-corrected chi connectivity index (χ1v) is 8.64. The van der Waals surface area contributed by atoms with Crippen molar-refractivity contribution in [2.45, 2.75) is 13.2 Å². The van der Waals surface area contributed by atoms with Gasteiger partial charge in [0.1, 0.15) is 24.7 Å². The molecular weight excluding hydrogens is 340 g/mol. The number of nitrogens with one attached hydrogen (secondary N) is 1. The molecule has 134 valence electrons. The van der Waals surface area contributed by atoms with Crippen LogP contribution in [-0.4, -0.2) is 15.9 Å². The number of carbonyl (C=O) groups is 1. The van der Waals surface area contributed by atoms with E-state index in [0.717, 1.165) is 27.9 Å². The Morgan fingerprint density at radius 3 is 2.52 bits per heavy atom. The molecule has 0 aliphatic rings. The molecule has 4 rings (SSSR count). The number of benzene rings is 2. The van der Waals surface area contributed by atoms with Crippen LogP contribution in [0, 0.1) is 0 Å². The zero-order chi connectivity index (χ0) is 18.5. The van der Waals surface area contributed by atoms with Crippen LogP contribution in [0.5, 0.6) is 5.75 Å². The predicted molar refractivity (Wildman–Crippen MR) is 102 cm³/mol. The molecule has 0 bridgehead atoms. The standard InChI is InChI=1S/C22H18N2O3/c25-22(21-13-17-5-1-2-7-20(17)24-21)27-14-16-8-10-19(11-9-16)26-15-18-6-3-4-12-23-18/h1-13,24H,14-15H2. The van der Waals surface area contributed by atoms with Gasteiger partial charge in [0.25, 0.3) is 0 Å². The first-order valence-electron chi connectivity index (χ1n) is 8.64. The molecule has 4 aromatic rings. The average molecular weight is 358 g/mol. The highest BCUT2D eigenvalue weighted by atomic mass is 16.5. The number of para-hydroxylation sites is 1. The number of H-pyrrole nitrogens is 1. The minimum Gasteiger partial charge on any atom is -0.487 e. The Bertz CT molecular complexity index is 1010. The molecule has 0 saturated heterocycles. The molecule has 0 atom stereocenters. The third-order valence-electron chi connectivity index (χ3n) is 4.16. The summed E-state index contributed by atoms with van der Waals surface area (Å²) >= 11 is 0. The molecule has 2 aromatic heterocycles. The lowest BCUT2D eigenvalue weighted by Crippen LogP contribution is -2.05. The van der Waals surface area contributed by atoms with Gasteiger partial charge in [0.2, 0.25) is 0 Å². The number of rotatable bonds is 6. The minimum absolute atomic E-state index is 0.203. The van der Waals surface area contributed by atoms with Gasteiger partial charge in [-0.3, -0.25) is 4.98 Å². The van der Waals surface area contributed by atoms with Crippen molar-refractivity contribution in [2.24, 2.45) is 0 Å². The van der Waals surface area contributed by atoms with E-state index >= 15 is 0 Å². The summed E-state index contributed by atoms with van der Waals surface area (Å²) < 4.78 is 11.1. The van der Waals surface area contributed by atoms with E-state index in [9.17, 15) is 4.79 Å². The maximum absolute atomic E-state index is 12.2. The summed E-state index contributed by atoms with van der Waals surface area (Å²) in [6, 6.07) is 22.7. The summed E-state index contributed by atoms with van der Waals surface area (Å²) in [4.78, 5) is 19.5. The molecule has 2 aromatic carbocycles. The Morgan fingerprint density at radius 2 is 1.74 bits per heavy atom. The smallest absolute Gasteiger partial charge is 0.355 e. The number of carbonyl (C=O) groups excluding carboxylic acids is 1. The third kappa shape index (κ3) is 4.15. The first kappa shape index (κ1) is 16.8. The number of aromatic amines is 1. The second-order valence-corrected chi connectivity index (χ2v) is 6.10. The number of fused-ring (bicyclic) bond motifs is 1. The Hall–Kier alpha value is -3.60. The molecule has 0 spiro atoms. The molecule has 27 heavy (non-hydrogen) atoms. The maximum atomic E-state index is 12.2. The van der Waals surface area contributed by atoms with E-state index in [1.807, 2.05) is 66.7 Å². The molecule has 0 saturated carbocycles. The highest BCUT2D eigenvalue weighted by Gasteiger charge is 2.11. The van der Waals surface area contributed by atoms with Crippen LogP contribution in [0.3, 0.4) is 0 Å². The minimum atomic E-state index is -0.373. The van der Waals surface area contributed by atoms with Crippen molar-refractivity contribution in [3.8, 4) is 5.75 Å². The largest absolute Gasteiger partial charge is 0.487 e. The van der Waals surface area contributed by atoms with Crippen molar-refractivity contribution < 1.29 is 14.3 Å². The lowest BCUT2D eigenvalue weighted by atomic mass is 10.2. The van der Waals surface area contributed by atoms with Crippen LogP contribution in [0.4, 0.5) is 0 Å². The van der Waals surface area contributed by atoms with E-state index < -0.39 is 0 Å². The van der Waals surface area contributed by atoms with Crippen molar-refractivity contribution in [1.29, 1.82) is 0 Å². The lowest BCUT2D eigenvalue weighted by Gasteiger charge is -2.07.